The molecule has 1 heterocycles. The molecule has 1 aromatic carbocycles. The van der Waals surface area contributed by atoms with Gasteiger partial charge in [0, 0.05) is 20.5 Å². The van der Waals surface area contributed by atoms with E-state index in [1.54, 1.807) is 0 Å². The molecule has 0 aliphatic carbocycles. The number of allylic oxidation sites excluding steroid dienone is 2. The topological polar surface area (TPSA) is 27.7 Å². The molecule has 3 nitrogen and oxygen atoms in total. The SMILES string of the molecule is CCCCCCCC/C=C\CCCCCCCCOCCc1ccc2c(c1)OC(C)(C)O2. The van der Waals surface area contributed by atoms with Gasteiger partial charge in [-0.3, -0.25) is 0 Å². The maximum atomic E-state index is 5.84. The van der Waals surface area contributed by atoms with E-state index in [-0.39, 0.29) is 0 Å². The number of hydrogen-bond acceptors (Lipinski definition) is 3. The molecule has 3 heteroatoms. The molecule has 0 N–H and O–H groups in total. The van der Waals surface area contributed by atoms with E-state index in [4.69, 9.17) is 14.2 Å². The van der Waals surface area contributed by atoms with Gasteiger partial charge in [-0.05, 0) is 56.2 Å². The first kappa shape index (κ1) is 26.8. The van der Waals surface area contributed by atoms with Crippen molar-refractivity contribution >= 4 is 0 Å². The summed E-state index contributed by atoms with van der Waals surface area (Å²) in [6.07, 6.45) is 24.5. The Hall–Kier alpha value is -1.48. The highest BCUT2D eigenvalue weighted by atomic mass is 16.7. The van der Waals surface area contributed by atoms with Gasteiger partial charge >= 0.3 is 0 Å². The minimum absolute atomic E-state index is 0.554. The summed E-state index contributed by atoms with van der Waals surface area (Å²) in [6.45, 7) is 7.80. The highest BCUT2D eigenvalue weighted by molar-refractivity contribution is 5.45. The first-order chi connectivity index (χ1) is 15.6. The van der Waals surface area contributed by atoms with Crippen molar-refractivity contribution in [1.82, 2.24) is 0 Å². The van der Waals surface area contributed by atoms with Crippen LogP contribution < -0.4 is 9.47 Å². The maximum Gasteiger partial charge on any atom is 0.246 e. The van der Waals surface area contributed by atoms with Crippen LogP contribution >= 0.6 is 0 Å². The van der Waals surface area contributed by atoms with E-state index < -0.39 is 5.79 Å². The van der Waals surface area contributed by atoms with Crippen molar-refractivity contribution in [3.05, 3.63) is 35.9 Å². The first-order valence-corrected chi connectivity index (χ1v) is 13.3. The van der Waals surface area contributed by atoms with Crippen LogP contribution in [-0.4, -0.2) is 19.0 Å². The molecule has 0 amide bonds. The molecule has 2 rings (SSSR count). The number of ether oxygens (including phenoxy) is 3. The second kappa shape index (κ2) is 16.2. The number of unbranched alkanes of at least 4 members (excludes halogenated alkanes) is 12. The van der Waals surface area contributed by atoms with Gasteiger partial charge in [0.05, 0.1) is 6.61 Å². The van der Waals surface area contributed by atoms with Crippen molar-refractivity contribution in [3.63, 3.8) is 0 Å². The largest absolute Gasteiger partial charge is 0.449 e. The molecular formula is C29H48O3. The minimum atomic E-state index is -0.554. The molecule has 0 bridgehead atoms. The average molecular weight is 445 g/mol. The van der Waals surface area contributed by atoms with Gasteiger partial charge in [-0.2, -0.15) is 0 Å². The van der Waals surface area contributed by atoms with Crippen LogP contribution in [0, 0.1) is 0 Å². The molecular weight excluding hydrogens is 396 g/mol. The monoisotopic (exact) mass is 444 g/mol. The zero-order chi connectivity index (χ0) is 22.9. The summed E-state index contributed by atoms with van der Waals surface area (Å²) in [7, 11) is 0. The van der Waals surface area contributed by atoms with Crippen LogP contribution in [0.1, 0.15) is 116 Å². The van der Waals surface area contributed by atoms with Crippen LogP contribution in [0.5, 0.6) is 11.5 Å². The smallest absolute Gasteiger partial charge is 0.246 e. The predicted molar refractivity (Wildman–Crippen MR) is 136 cm³/mol. The Bertz CT molecular complexity index is 635. The highest BCUT2D eigenvalue weighted by Crippen LogP contribution is 2.39. The molecule has 32 heavy (non-hydrogen) atoms. The molecule has 0 fully saturated rings. The fourth-order valence-corrected chi connectivity index (χ4v) is 4.17. The standard InChI is InChI=1S/C29H48O3/c1-4-5-6-7-8-9-10-11-12-13-14-15-16-17-18-19-23-30-24-22-26-20-21-27-28(25-26)32-29(2,3)31-27/h11-12,20-21,25H,4-10,13-19,22-24H2,1-3H3/b12-11-. The van der Waals surface area contributed by atoms with E-state index in [1.807, 2.05) is 19.9 Å². The van der Waals surface area contributed by atoms with Gasteiger partial charge in [0.2, 0.25) is 5.79 Å². The summed E-state index contributed by atoms with van der Waals surface area (Å²) in [5, 5.41) is 0. The quantitative estimate of drug-likeness (QED) is 0.158. The Morgan fingerprint density at radius 3 is 2.00 bits per heavy atom. The second-order valence-electron chi connectivity index (χ2n) is 9.69. The van der Waals surface area contributed by atoms with Crippen molar-refractivity contribution in [1.29, 1.82) is 0 Å². The van der Waals surface area contributed by atoms with E-state index >= 15 is 0 Å². The fraction of sp³-hybridized carbons (Fsp3) is 0.724. The minimum Gasteiger partial charge on any atom is -0.449 e. The van der Waals surface area contributed by atoms with Crippen LogP contribution in [-0.2, 0) is 11.2 Å². The number of benzene rings is 1. The molecule has 1 aliphatic rings. The van der Waals surface area contributed by atoms with Gasteiger partial charge in [-0.1, -0.05) is 82.9 Å². The Kier molecular flexibility index (Phi) is 13.5. The van der Waals surface area contributed by atoms with Crippen molar-refractivity contribution < 1.29 is 14.2 Å². The van der Waals surface area contributed by atoms with Crippen LogP contribution in [0.2, 0.25) is 0 Å². The summed E-state index contributed by atoms with van der Waals surface area (Å²) in [6, 6.07) is 6.19. The third-order valence-electron chi connectivity index (χ3n) is 6.06. The Labute approximate surface area is 197 Å². The average Bonchev–Trinajstić information content (AvgIpc) is 3.08. The number of hydrogen-bond donors (Lipinski definition) is 0. The highest BCUT2D eigenvalue weighted by Gasteiger charge is 2.31. The molecule has 0 atom stereocenters. The fourth-order valence-electron chi connectivity index (χ4n) is 4.17. The summed E-state index contributed by atoms with van der Waals surface area (Å²) in [5.74, 6) is 1.13. The number of fused-ring (bicyclic) bond motifs is 1. The first-order valence-electron chi connectivity index (χ1n) is 13.3. The van der Waals surface area contributed by atoms with E-state index in [0.29, 0.717) is 0 Å². The Morgan fingerprint density at radius 1 is 0.719 bits per heavy atom. The predicted octanol–water partition coefficient (Wildman–Crippen LogP) is 8.79. The van der Waals surface area contributed by atoms with Crippen LogP contribution in [0.3, 0.4) is 0 Å². The van der Waals surface area contributed by atoms with E-state index in [1.165, 1.54) is 95.5 Å². The summed E-state index contributed by atoms with van der Waals surface area (Å²) in [5.41, 5.74) is 1.24. The summed E-state index contributed by atoms with van der Waals surface area (Å²) < 4.78 is 17.4. The molecule has 0 saturated heterocycles. The molecule has 0 saturated carbocycles. The lowest BCUT2D eigenvalue weighted by Crippen LogP contribution is -2.29. The molecule has 0 radical (unpaired) electrons. The maximum absolute atomic E-state index is 5.84. The second-order valence-corrected chi connectivity index (χ2v) is 9.69. The van der Waals surface area contributed by atoms with Crippen LogP contribution in [0.25, 0.3) is 0 Å². The summed E-state index contributed by atoms with van der Waals surface area (Å²) >= 11 is 0. The number of rotatable bonds is 19. The molecule has 0 aromatic heterocycles. The van der Waals surface area contributed by atoms with Gasteiger partial charge in [0.15, 0.2) is 11.5 Å². The molecule has 1 aromatic rings. The normalized spacial score (nSPS) is 14.5. The summed E-state index contributed by atoms with van der Waals surface area (Å²) in [4.78, 5) is 0. The van der Waals surface area contributed by atoms with Gasteiger partial charge in [0.1, 0.15) is 0 Å². The zero-order valence-electron chi connectivity index (χ0n) is 21.1. The van der Waals surface area contributed by atoms with Crippen LogP contribution in [0.4, 0.5) is 0 Å². The van der Waals surface area contributed by atoms with Gasteiger partial charge in [-0.15, -0.1) is 0 Å². The molecule has 0 spiro atoms. The van der Waals surface area contributed by atoms with Gasteiger partial charge < -0.3 is 14.2 Å². The Balaban J connectivity index is 1.33. The van der Waals surface area contributed by atoms with E-state index in [9.17, 15) is 0 Å². The van der Waals surface area contributed by atoms with E-state index in [0.717, 1.165) is 31.1 Å². The zero-order valence-corrected chi connectivity index (χ0v) is 21.1. The third-order valence-corrected chi connectivity index (χ3v) is 6.06. The van der Waals surface area contributed by atoms with Gasteiger partial charge in [-0.25, -0.2) is 0 Å². The lowest BCUT2D eigenvalue weighted by Gasteiger charge is -2.16. The van der Waals surface area contributed by atoms with Crippen LogP contribution in [0.15, 0.2) is 30.4 Å². The molecule has 182 valence electrons. The van der Waals surface area contributed by atoms with Crippen molar-refractivity contribution in [2.75, 3.05) is 13.2 Å². The van der Waals surface area contributed by atoms with Crippen molar-refractivity contribution in [2.45, 2.75) is 123 Å². The van der Waals surface area contributed by atoms with Crippen molar-refractivity contribution in [3.8, 4) is 11.5 Å². The van der Waals surface area contributed by atoms with E-state index in [2.05, 4.69) is 31.2 Å². The van der Waals surface area contributed by atoms with Gasteiger partial charge in [0.25, 0.3) is 0 Å². The lowest BCUT2D eigenvalue weighted by atomic mass is 10.1. The third kappa shape index (κ3) is 11.9. The van der Waals surface area contributed by atoms with Crippen molar-refractivity contribution in [2.24, 2.45) is 0 Å². The molecule has 1 aliphatic heterocycles. The lowest BCUT2D eigenvalue weighted by molar-refractivity contribution is -0.0431. The Morgan fingerprint density at radius 2 is 1.31 bits per heavy atom. The molecule has 0 unspecified atom stereocenters.